The van der Waals surface area contributed by atoms with Gasteiger partial charge >= 0.3 is 5.97 Å². The van der Waals surface area contributed by atoms with Crippen LogP contribution >= 0.6 is 0 Å². The zero-order valence-corrected chi connectivity index (χ0v) is 16.4. The minimum Gasteiger partial charge on any atom is -0.508 e. The van der Waals surface area contributed by atoms with Gasteiger partial charge < -0.3 is 15.1 Å². The molecule has 1 amide bonds. The van der Waals surface area contributed by atoms with Gasteiger partial charge in [-0.05, 0) is 42.2 Å². The Hall–Kier alpha value is -3.08. The fourth-order valence-electron chi connectivity index (χ4n) is 3.78. The summed E-state index contributed by atoms with van der Waals surface area (Å²) >= 11 is 0. The third kappa shape index (κ3) is 5.70. The number of benzene rings is 2. The molecule has 1 aliphatic rings. The average Bonchev–Trinajstić information content (AvgIpc) is 2.75. The fourth-order valence-corrected chi connectivity index (χ4v) is 3.78. The number of nitrogens with zero attached hydrogens (tertiary/aromatic N) is 1. The minimum atomic E-state index is -1.04. The molecule has 152 valence electrons. The largest absolute Gasteiger partial charge is 0.508 e. The number of phenolic OH excluding ortho intramolecular Hbond substituents is 1. The predicted molar refractivity (Wildman–Crippen MR) is 112 cm³/mol. The van der Waals surface area contributed by atoms with Crippen LogP contribution in [0, 0.1) is 5.92 Å². The van der Waals surface area contributed by atoms with Crippen molar-refractivity contribution in [3.05, 3.63) is 71.9 Å². The van der Waals surface area contributed by atoms with Crippen molar-refractivity contribution in [3.8, 4) is 5.75 Å². The number of rotatable bonds is 7. The van der Waals surface area contributed by atoms with E-state index < -0.39 is 12.0 Å². The summed E-state index contributed by atoms with van der Waals surface area (Å²) in [6.45, 7) is 0. The third-order valence-corrected chi connectivity index (χ3v) is 5.42. The lowest BCUT2D eigenvalue weighted by Crippen LogP contribution is -2.46. The lowest BCUT2D eigenvalue weighted by Gasteiger charge is -2.31. The van der Waals surface area contributed by atoms with Crippen LogP contribution in [0.15, 0.2) is 60.8 Å². The van der Waals surface area contributed by atoms with Crippen molar-refractivity contribution in [1.29, 1.82) is 0 Å². The van der Waals surface area contributed by atoms with Gasteiger partial charge in [0.1, 0.15) is 11.8 Å². The van der Waals surface area contributed by atoms with E-state index in [0.717, 1.165) is 43.2 Å². The molecule has 2 aromatic carbocycles. The summed E-state index contributed by atoms with van der Waals surface area (Å²) < 4.78 is 0. The number of carboxylic acid groups (broad SMARTS) is 1. The van der Waals surface area contributed by atoms with Gasteiger partial charge in [0, 0.05) is 18.5 Å². The maximum atomic E-state index is 13.3. The van der Waals surface area contributed by atoms with Crippen LogP contribution in [-0.2, 0) is 16.0 Å². The number of hydrogen-bond donors (Lipinski definition) is 2. The molecule has 1 atom stereocenters. The van der Waals surface area contributed by atoms with E-state index in [1.807, 2.05) is 30.3 Å². The normalized spacial score (nSPS) is 15.9. The van der Waals surface area contributed by atoms with Gasteiger partial charge in [-0.2, -0.15) is 0 Å². The number of phenols is 1. The fraction of sp³-hybridized carbons (Fsp3) is 0.333. The molecule has 1 saturated carbocycles. The van der Waals surface area contributed by atoms with Crippen LogP contribution in [0.3, 0.4) is 0 Å². The molecule has 1 fully saturated rings. The smallest absolute Gasteiger partial charge is 0.327 e. The van der Waals surface area contributed by atoms with Crippen LogP contribution in [0.2, 0.25) is 0 Å². The first-order valence-electron chi connectivity index (χ1n) is 10.1. The van der Waals surface area contributed by atoms with E-state index in [9.17, 15) is 19.8 Å². The van der Waals surface area contributed by atoms with E-state index in [4.69, 9.17) is 0 Å². The number of hydrogen-bond acceptors (Lipinski definition) is 3. The standard InChI is InChI=1S/C24H27NO4/c26-21-13-11-19(12-14-21)17-22(24(28)29)25(16-15-18-7-3-1-4-8-18)23(27)20-9-5-2-6-10-20/h1,3-4,7-8,11-16,20,22,26H,2,5-6,9-10,17H2,(H,28,29)/t22-/m0/s1. The van der Waals surface area contributed by atoms with Crippen molar-refractivity contribution < 1.29 is 19.8 Å². The van der Waals surface area contributed by atoms with E-state index >= 15 is 0 Å². The molecule has 2 aromatic rings. The number of aliphatic carboxylic acids is 1. The Kier molecular flexibility index (Phi) is 7.06. The summed E-state index contributed by atoms with van der Waals surface area (Å²) in [7, 11) is 0. The van der Waals surface area contributed by atoms with Crippen LogP contribution in [-0.4, -0.2) is 33.0 Å². The van der Waals surface area contributed by atoms with Gasteiger partial charge in [0.05, 0.1) is 0 Å². The van der Waals surface area contributed by atoms with Crippen molar-refractivity contribution in [2.24, 2.45) is 5.92 Å². The first-order chi connectivity index (χ1) is 14.0. The van der Waals surface area contributed by atoms with Crippen molar-refractivity contribution >= 4 is 18.0 Å². The van der Waals surface area contributed by atoms with Gasteiger partial charge in [0.15, 0.2) is 0 Å². The molecule has 3 rings (SSSR count). The van der Waals surface area contributed by atoms with Crippen LogP contribution < -0.4 is 0 Å². The summed E-state index contributed by atoms with van der Waals surface area (Å²) in [6, 6.07) is 15.0. The Morgan fingerprint density at radius 2 is 1.66 bits per heavy atom. The van der Waals surface area contributed by atoms with E-state index in [0.29, 0.717) is 0 Å². The molecule has 1 aliphatic carbocycles. The van der Waals surface area contributed by atoms with E-state index in [1.165, 1.54) is 17.0 Å². The van der Waals surface area contributed by atoms with Crippen molar-refractivity contribution in [2.45, 2.75) is 44.6 Å². The van der Waals surface area contributed by atoms with E-state index in [-0.39, 0.29) is 24.0 Å². The summed E-state index contributed by atoms with van der Waals surface area (Å²) in [4.78, 5) is 26.8. The Morgan fingerprint density at radius 3 is 2.28 bits per heavy atom. The maximum absolute atomic E-state index is 13.3. The second-order valence-corrected chi connectivity index (χ2v) is 7.53. The van der Waals surface area contributed by atoms with Crippen molar-refractivity contribution in [3.63, 3.8) is 0 Å². The average molecular weight is 393 g/mol. The Bertz CT molecular complexity index is 839. The van der Waals surface area contributed by atoms with E-state index in [1.54, 1.807) is 24.4 Å². The number of aromatic hydroxyl groups is 1. The van der Waals surface area contributed by atoms with Gasteiger partial charge in [-0.15, -0.1) is 0 Å². The summed E-state index contributed by atoms with van der Waals surface area (Å²) in [6.07, 6.45) is 8.32. The molecule has 5 heteroatoms. The Labute approximate surface area is 171 Å². The lowest BCUT2D eigenvalue weighted by atomic mass is 9.87. The number of carbonyl (C=O) groups excluding carboxylic acids is 1. The summed E-state index contributed by atoms with van der Waals surface area (Å²) in [5, 5.41) is 19.4. The van der Waals surface area contributed by atoms with Gasteiger partial charge in [-0.1, -0.05) is 61.7 Å². The molecule has 0 unspecified atom stereocenters. The summed E-state index contributed by atoms with van der Waals surface area (Å²) in [5.41, 5.74) is 1.66. The molecule has 0 spiro atoms. The zero-order chi connectivity index (χ0) is 20.6. The molecule has 0 radical (unpaired) electrons. The predicted octanol–water partition coefficient (Wildman–Crippen LogP) is 4.47. The van der Waals surface area contributed by atoms with Crippen molar-refractivity contribution in [1.82, 2.24) is 4.90 Å². The van der Waals surface area contributed by atoms with Crippen molar-refractivity contribution in [2.75, 3.05) is 0 Å². The maximum Gasteiger partial charge on any atom is 0.327 e. The van der Waals surface area contributed by atoms with Gasteiger partial charge in [0.2, 0.25) is 5.91 Å². The zero-order valence-electron chi connectivity index (χ0n) is 16.4. The third-order valence-electron chi connectivity index (χ3n) is 5.42. The highest BCUT2D eigenvalue weighted by atomic mass is 16.4. The van der Waals surface area contributed by atoms with Crippen LogP contribution in [0.1, 0.15) is 43.2 Å². The van der Waals surface area contributed by atoms with Gasteiger partial charge in [-0.25, -0.2) is 4.79 Å². The molecular weight excluding hydrogens is 366 g/mol. The summed E-state index contributed by atoms with van der Waals surface area (Å²) in [5.74, 6) is -1.17. The monoisotopic (exact) mass is 393 g/mol. The van der Waals surface area contributed by atoms with Gasteiger partial charge in [-0.3, -0.25) is 4.79 Å². The first-order valence-corrected chi connectivity index (χ1v) is 10.1. The van der Waals surface area contributed by atoms with Gasteiger partial charge in [0.25, 0.3) is 0 Å². The van der Waals surface area contributed by atoms with Crippen LogP contribution in [0.4, 0.5) is 0 Å². The quantitative estimate of drug-likeness (QED) is 0.728. The highest BCUT2D eigenvalue weighted by Gasteiger charge is 2.33. The molecule has 0 aromatic heterocycles. The molecular formula is C24H27NO4. The van der Waals surface area contributed by atoms with Crippen LogP contribution in [0.5, 0.6) is 5.75 Å². The minimum absolute atomic E-state index is 0.122. The Balaban J connectivity index is 1.89. The van der Waals surface area contributed by atoms with E-state index in [2.05, 4.69) is 0 Å². The second-order valence-electron chi connectivity index (χ2n) is 7.53. The SMILES string of the molecule is O=C(O)[C@H](Cc1ccc(O)cc1)N(C=Cc1ccccc1)C(=O)C1CCCCC1. The molecule has 0 aliphatic heterocycles. The highest BCUT2D eigenvalue weighted by Crippen LogP contribution is 2.27. The van der Waals surface area contributed by atoms with Crippen LogP contribution in [0.25, 0.3) is 6.08 Å². The first kappa shape index (κ1) is 20.6. The number of carboxylic acids is 1. The number of carbonyl (C=O) groups is 2. The lowest BCUT2D eigenvalue weighted by molar-refractivity contribution is -0.149. The Morgan fingerprint density at radius 1 is 1.00 bits per heavy atom. The highest BCUT2D eigenvalue weighted by molar-refractivity contribution is 5.87. The second kappa shape index (κ2) is 9.92. The molecule has 29 heavy (non-hydrogen) atoms. The molecule has 0 saturated heterocycles. The topological polar surface area (TPSA) is 77.8 Å². The molecule has 0 bridgehead atoms. The molecule has 0 heterocycles. The molecule has 5 nitrogen and oxygen atoms in total. The number of amides is 1. The molecule has 2 N–H and O–H groups in total.